The molecule has 100 valence electrons. The molecule has 0 aromatic carbocycles. The number of likely N-dealkylation sites (N-methyl/N-ethyl adjacent to an activating group) is 1. The lowest BCUT2D eigenvalue weighted by Gasteiger charge is -2.28. The maximum atomic E-state index is 11.5. The zero-order valence-corrected chi connectivity index (χ0v) is 10.9. The van der Waals surface area contributed by atoms with E-state index in [0.717, 1.165) is 19.5 Å². The first-order valence-electron chi connectivity index (χ1n) is 6.29. The van der Waals surface area contributed by atoms with E-state index in [1.165, 1.54) is 6.42 Å². The molecule has 5 heteroatoms. The van der Waals surface area contributed by atoms with Crippen LogP contribution in [-0.2, 0) is 9.53 Å². The number of hydrogen-bond acceptors (Lipinski definition) is 4. The van der Waals surface area contributed by atoms with Crippen LogP contribution in [0.5, 0.6) is 0 Å². The molecule has 1 aliphatic heterocycles. The van der Waals surface area contributed by atoms with E-state index < -0.39 is 0 Å². The standard InChI is InChI=1S/C12H24N2O3/c1-11(16)14(6-8-17-9-7-15)10-12-4-3-5-13(12)2/h12,15H,3-10H2,1-2H3. The Morgan fingerprint density at radius 1 is 1.53 bits per heavy atom. The highest BCUT2D eigenvalue weighted by Crippen LogP contribution is 2.15. The van der Waals surface area contributed by atoms with Gasteiger partial charge in [-0.25, -0.2) is 0 Å². The monoisotopic (exact) mass is 244 g/mol. The third kappa shape index (κ3) is 5.02. The molecule has 5 nitrogen and oxygen atoms in total. The summed E-state index contributed by atoms with van der Waals surface area (Å²) in [5, 5.41) is 8.59. The largest absolute Gasteiger partial charge is 0.394 e. The molecule has 1 heterocycles. The second-order valence-corrected chi connectivity index (χ2v) is 4.58. The average Bonchev–Trinajstić information content (AvgIpc) is 2.68. The number of aliphatic hydroxyl groups is 1. The van der Waals surface area contributed by atoms with Crippen molar-refractivity contribution in [3.8, 4) is 0 Å². The third-order valence-electron chi connectivity index (χ3n) is 3.29. The van der Waals surface area contributed by atoms with Crippen molar-refractivity contribution in [2.24, 2.45) is 0 Å². The lowest BCUT2D eigenvalue weighted by atomic mass is 10.2. The van der Waals surface area contributed by atoms with Crippen LogP contribution in [-0.4, -0.2) is 73.4 Å². The molecule has 1 saturated heterocycles. The van der Waals surface area contributed by atoms with Crippen molar-refractivity contribution in [1.82, 2.24) is 9.80 Å². The van der Waals surface area contributed by atoms with Crippen molar-refractivity contribution >= 4 is 5.91 Å². The second kappa shape index (κ2) is 7.63. The molecular formula is C12H24N2O3. The van der Waals surface area contributed by atoms with Crippen LogP contribution in [0, 0.1) is 0 Å². The molecule has 0 saturated carbocycles. The molecule has 0 aromatic rings. The van der Waals surface area contributed by atoms with Crippen molar-refractivity contribution < 1.29 is 14.6 Å². The summed E-state index contributed by atoms with van der Waals surface area (Å²) < 4.78 is 5.20. The summed E-state index contributed by atoms with van der Waals surface area (Å²) in [5.41, 5.74) is 0. The van der Waals surface area contributed by atoms with Gasteiger partial charge in [-0.1, -0.05) is 0 Å². The maximum Gasteiger partial charge on any atom is 0.219 e. The van der Waals surface area contributed by atoms with Crippen molar-refractivity contribution in [3.05, 3.63) is 0 Å². The average molecular weight is 244 g/mol. The van der Waals surface area contributed by atoms with E-state index in [1.54, 1.807) is 6.92 Å². The van der Waals surface area contributed by atoms with Gasteiger partial charge >= 0.3 is 0 Å². The number of hydrogen-bond donors (Lipinski definition) is 1. The van der Waals surface area contributed by atoms with Crippen LogP contribution < -0.4 is 0 Å². The van der Waals surface area contributed by atoms with Crippen LogP contribution in [0.25, 0.3) is 0 Å². The van der Waals surface area contributed by atoms with Gasteiger partial charge in [0.15, 0.2) is 0 Å². The Balaban J connectivity index is 2.30. The highest BCUT2D eigenvalue weighted by atomic mass is 16.5. The van der Waals surface area contributed by atoms with Crippen LogP contribution in [0.2, 0.25) is 0 Å². The molecule has 1 aliphatic rings. The van der Waals surface area contributed by atoms with E-state index in [9.17, 15) is 4.79 Å². The van der Waals surface area contributed by atoms with E-state index in [-0.39, 0.29) is 12.5 Å². The molecule has 1 fully saturated rings. The van der Waals surface area contributed by atoms with E-state index in [0.29, 0.717) is 25.8 Å². The number of ether oxygens (including phenoxy) is 1. The number of carbonyl (C=O) groups is 1. The predicted octanol–water partition coefficient (Wildman–Crippen LogP) is -0.0620. The molecule has 1 N–H and O–H groups in total. The first-order valence-corrected chi connectivity index (χ1v) is 6.29. The number of rotatable bonds is 7. The molecule has 1 atom stereocenters. The lowest BCUT2D eigenvalue weighted by Crippen LogP contribution is -2.42. The molecule has 0 spiro atoms. The minimum atomic E-state index is 0.0332. The Bertz CT molecular complexity index is 236. The number of amides is 1. The van der Waals surface area contributed by atoms with Gasteiger partial charge in [0.2, 0.25) is 5.91 Å². The second-order valence-electron chi connectivity index (χ2n) is 4.58. The van der Waals surface area contributed by atoms with Crippen LogP contribution >= 0.6 is 0 Å². The number of aliphatic hydroxyl groups excluding tert-OH is 1. The Hall–Kier alpha value is -0.650. The summed E-state index contributed by atoms with van der Waals surface area (Å²) in [6, 6.07) is 0.483. The fourth-order valence-electron chi connectivity index (χ4n) is 2.18. The van der Waals surface area contributed by atoms with Gasteiger partial charge in [-0.05, 0) is 26.4 Å². The molecule has 0 bridgehead atoms. The minimum absolute atomic E-state index is 0.0332. The highest BCUT2D eigenvalue weighted by Gasteiger charge is 2.24. The van der Waals surface area contributed by atoms with Gasteiger partial charge in [0.25, 0.3) is 0 Å². The minimum Gasteiger partial charge on any atom is -0.394 e. The molecule has 0 radical (unpaired) electrons. The van der Waals surface area contributed by atoms with Crippen LogP contribution in [0.3, 0.4) is 0 Å². The summed E-state index contributed by atoms with van der Waals surface area (Å²) in [7, 11) is 2.11. The smallest absolute Gasteiger partial charge is 0.219 e. The Morgan fingerprint density at radius 2 is 2.29 bits per heavy atom. The van der Waals surface area contributed by atoms with Crippen molar-refractivity contribution in [3.63, 3.8) is 0 Å². The summed E-state index contributed by atoms with van der Waals surface area (Å²) in [6.07, 6.45) is 2.38. The zero-order chi connectivity index (χ0) is 12.7. The topological polar surface area (TPSA) is 53.0 Å². The summed E-state index contributed by atoms with van der Waals surface area (Å²) in [4.78, 5) is 15.7. The van der Waals surface area contributed by atoms with Crippen LogP contribution in [0.1, 0.15) is 19.8 Å². The highest BCUT2D eigenvalue weighted by molar-refractivity contribution is 5.73. The molecule has 1 amide bonds. The van der Waals surface area contributed by atoms with Gasteiger partial charge in [0.1, 0.15) is 0 Å². The van der Waals surface area contributed by atoms with Crippen molar-refractivity contribution in [2.45, 2.75) is 25.8 Å². The predicted molar refractivity (Wildman–Crippen MR) is 65.8 cm³/mol. The zero-order valence-electron chi connectivity index (χ0n) is 10.9. The van der Waals surface area contributed by atoms with Gasteiger partial charge in [0, 0.05) is 26.1 Å². The van der Waals surface area contributed by atoms with E-state index in [2.05, 4.69) is 11.9 Å². The molecule has 17 heavy (non-hydrogen) atoms. The lowest BCUT2D eigenvalue weighted by molar-refractivity contribution is -0.130. The first-order chi connectivity index (χ1) is 8.15. The molecule has 1 unspecified atom stereocenters. The Labute approximate surface area is 103 Å². The molecule has 0 aliphatic carbocycles. The fourth-order valence-corrected chi connectivity index (χ4v) is 2.18. The molecule has 1 rings (SSSR count). The summed E-state index contributed by atoms with van der Waals surface area (Å²) in [6.45, 7) is 4.99. The van der Waals surface area contributed by atoms with Gasteiger partial charge in [-0.15, -0.1) is 0 Å². The van der Waals surface area contributed by atoms with Gasteiger partial charge in [-0.2, -0.15) is 0 Å². The van der Waals surface area contributed by atoms with Gasteiger partial charge in [-0.3, -0.25) is 4.79 Å². The number of carbonyl (C=O) groups excluding carboxylic acids is 1. The summed E-state index contributed by atoms with van der Waals surface area (Å²) in [5.74, 6) is 0.0953. The van der Waals surface area contributed by atoms with Crippen LogP contribution in [0.15, 0.2) is 0 Å². The summed E-state index contributed by atoms with van der Waals surface area (Å²) >= 11 is 0. The SMILES string of the molecule is CC(=O)N(CCOCCO)CC1CCCN1C. The quantitative estimate of drug-likeness (QED) is 0.637. The van der Waals surface area contributed by atoms with Gasteiger partial charge < -0.3 is 19.6 Å². The molecule has 0 aromatic heterocycles. The van der Waals surface area contributed by atoms with Crippen LogP contribution in [0.4, 0.5) is 0 Å². The third-order valence-corrected chi connectivity index (χ3v) is 3.29. The first kappa shape index (κ1) is 14.4. The van der Waals surface area contributed by atoms with Crippen molar-refractivity contribution in [1.29, 1.82) is 0 Å². The number of likely N-dealkylation sites (tertiary alicyclic amines) is 1. The van der Waals surface area contributed by atoms with Gasteiger partial charge in [0.05, 0.1) is 19.8 Å². The normalized spacial score (nSPS) is 20.8. The van der Waals surface area contributed by atoms with E-state index in [1.807, 2.05) is 4.90 Å². The van der Waals surface area contributed by atoms with E-state index in [4.69, 9.17) is 9.84 Å². The maximum absolute atomic E-state index is 11.5. The fraction of sp³-hybridized carbons (Fsp3) is 0.917. The van der Waals surface area contributed by atoms with E-state index >= 15 is 0 Å². The molecular weight excluding hydrogens is 220 g/mol. The Kier molecular flexibility index (Phi) is 6.47. The number of nitrogens with zero attached hydrogens (tertiary/aromatic N) is 2. The van der Waals surface area contributed by atoms with Crippen molar-refractivity contribution in [2.75, 3.05) is 46.5 Å². The Morgan fingerprint density at radius 3 is 2.82 bits per heavy atom.